The lowest BCUT2D eigenvalue weighted by molar-refractivity contribution is 0.0950. The van der Waals surface area contributed by atoms with Crippen LogP contribution in [0.3, 0.4) is 0 Å². The van der Waals surface area contributed by atoms with Gasteiger partial charge in [0.05, 0.1) is 14.2 Å². The van der Waals surface area contributed by atoms with Crippen molar-refractivity contribution in [3.63, 3.8) is 0 Å². The highest BCUT2D eigenvalue weighted by molar-refractivity contribution is 5.94. The first-order valence-corrected chi connectivity index (χ1v) is 7.74. The molecule has 0 spiro atoms. The summed E-state index contributed by atoms with van der Waals surface area (Å²) in [5.74, 6) is 1.36. The van der Waals surface area contributed by atoms with E-state index in [9.17, 15) is 4.79 Å². The molecule has 23 heavy (non-hydrogen) atoms. The van der Waals surface area contributed by atoms with Crippen LogP contribution in [0.1, 0.15) is 35.2 Å². The van der Waals surface area contributed by atoms with Gasteiger partial charge in [0.2, 0.25) is 0 Å². The molecular weight excluding hydrogens is 290 g/mol. The van der Waals surface area contributed by atoms with E-state index in [1.54, 1.807) is 32.4 Å². The molecular formula is C19H23NO3. The fourth-order valence-corrected chi connectivity index (χ4v) is 2.52. The Morgan fingerprint density at radius 3 is 2.35 bits per heavy atom. The molecule has 2 aromatic rings. The number of benzene rings is 2. The number of carbonyl (C=O) groups is 1. The molecule has 1 unspecified atom stereocenters. The first-order valence-electron chi connectivity index (χ1n) is 7.74. The second-order valence-corrected chi connectivity index (χ2v) is 5.30. The van der Waals surface area contributed by atoms with Crippen molar-refractivity contribution >= 4 is 5.91 Å². The molecule has 0 saturated carbocycles. The van der Waals surface area contributed by atoms with Crippen LogP contribution in [0.25, 0.3) is 0 Å². The van der Waals surface area contributed by atoms with Crippen LogP contribution in [0.5, 0.6) is 11.5 Å². The highest BCUT2D eigenvalue weighted by atomic mass is 16.5. The summed E-state index contributed by atoms with van der Waals surface area (Å²) in [4.78, 5) is 12.4. The molecule has 1 amide bonds. The summed E-state index contributed by atoms with van der Waals surface area (Å²) in [5, 5.41) is 3.00. The molecule has 0 radical (unpaired) electrons. The molecule has 0 aliphatic carbocycles. The molecule has 0 bridgehead atoms. The number of methoxy groups -OCH3 is 2. The first kappa shape index (κ1) is 16.9. The normalized spacial score (nSPS) is 11.6. The minimum atomic E-state index is -0.111. The van der Waals surface area contributed by atoms with Crippen molar-refractivity contribution in [1.29, 1.82) is 0 Å². The minimum Gasteiger partial charge on any atom is -0.493 e. The van der Waals surface area contributed by atoms with Gasteiger partial charge in [-0.2, -0.15) is 0 Å². The van der Waals surface area contributed by atoms with Crippen molar-refractivity contribution in [2.45, 2.75) is 19.3 Å². The Labute approximate surface area is 137 Å². The van der Waals surface area contributed by atoms with E-state index < -0.39 is 0 Å². The van der Waals surface area contributed by atoms with Crippen LogP contribution in [0.4, 0.5) is 0 Å². The first-order chi connectivity index (χ1) is 11.2. The largest absolute Gasteiger partial charge is 0.493 e. The van der Waals surface area contributed by atoms with Crippen LogP contribution in [0.2, 0.25) is 0 Å². The van der Waals surface area contributed by atoms with Gasteiger partial charge in [0.1, 0.15) is 0 Å². The molecule has 1 N–H and O–H groups in total. The summed E-state index contributed by atoms with van der Waals surface area (Å²) in [5.41, 5.74) is 1.80. The van der Waals surface area contributed by atoms with Gasteiger partial charge >= 0.3 is 0 Å². The molecule has 1 atom stereocenters. The number of amides is 1. The fraction of sp³-hybridized carbons (Fsp3) is 0.316. The van der Waals surface area contributed by atoms with Gasteiger partial charge in [-0.05, 0) is 30.2 Å². The van der Waals surface area contributed by atoms with E-state index in [2.05, 4.69) is 24.4 Å². The van der Waals surface area contributed by atoms with Crippen molar-refractivity contribution < 1.29 is 14.3 Å². The smallest absolute Gasteiger partial charge is 0.251 e. The van der Waals surface area contributed by atoms with E-state index in [0.717, 1.165) is 6.42 Å². The summed E-state index contributed by atoms with van der Waals surface area (Å²) in [6.07, 6.45) is 0.968. The maximum absolute atomic E-state index is 12.4. The van der Waals surface area contributed by atoms with E-state index in [0.29, 0.717) is 29.5 Å². The van der Waals surface area contributed by atoms with Gasteiger partial charge in [-0.3, -0.25) is 4.79 Å². The highest BCUT2D eigenvalue weighted by Gasteiger charge is 2.14. The van der Waals surface area contributed by atoms with Crippen molar-refractivity contribution in [2.75, 3.05) is 20.8 Å². The maximum atomic E-state index is 12.4. The third kappa shape index (κ3) is 4.25. The maximum Gasteiger partial charge on any atom is 0.251 e. The average molecular weight is 313 g/mol. The zero-order valence-corrected chi connectivity index (χ0v) is 13.8. The second-order valence-electron chi connectivity index (χ2n) is 5.30. The van der Waals surface area contributed by atoms with E-state index >= 15 is 0 Å². The molecule has 0 saturated heterocycles. The third-order valence-electron chi connectivity index (χ3n) is 3.92. The minimum absolute atomic E-state index is 0.111. The zero-order valence-electron chi connectivity index (χ0n) is 13.8. The predicted octanol–water partition coefficient (Wildman–Crippen LogP) is 3.63. The monoisotopic (exact) mass is 313 g/mol. The van der Waals surface area contributed by atoms with Crippen LogP contribution in [-0.4, -0.2) is 26.7 Å². The summed E-state index contributed by atoms with van der Waals surface area (Å²) in [7, 11) is 3.13. The molecule has 2 rings (SSSR count). The lowest BCUT2D eigenvalue weighted by atomic mass is 9.96. The van der Waals surface area contributed by atoms with Crippen LogP contribution in [0, 0.1) is 0 Å². The van der Waals surface area contributed by atoms with Crippen LogP contribution in [0.15, 0.2) is 48.5 Å². The van der Waals surface area contributed by atoms with Gasteiger partial charge in [0.25, 0.3) is 5.91 Å². The lowest BCUT2D eigenvalue weighted by Crippen LogP contribution is -2.28. The number of hydrogen-bond acceptors (Lipinski definition) is 3. The number of hydrogen-bond donors (Lipinski definition) is 1. The van der Waals surface area contributed by atoms with Gasteiger partial charge in [-0.1, -0.05) is 37.3 Å². The molecule has 4 nitrogen and oxygen atoms in total. The Hall–Kier alpha value is -2.49. The van der Waals surface area contributed by atoms with Crippen LogP contribution in [-0.2, 0) is 0 Å². The van der Waals surface area contributed by atoms with Crippen molar-refractivity contribution in [3.8, 4) is 11.5 Å². The van der Waals surface area contributed by atoms with Crippen molar-refractivity contribution in [1.82, 2.24) is 5.32 Å². The molecule has 0 aromatic heterocycles. The van der Waals surface area contributed by atoms with E-state index in [1.165, 1.54) is 5.56 Å². The van der Waals surface area contributed by atoms with E-state index in [1.807, 2.05) is 18.2 Å². The lowest BCUT2D eigenvalue weighted by Gasteiger charge is -2.16. The number of carbonyl (C=O) groups excluding carboxylic acids is 1. The Balaban J connectivity index is 2.04. The van der Waals surface area contributed by atoms with Gasteiger partial charge in [0.15, 0.2) is 11.5 Å². The Morgan fingerprint density at radius 1 is 1.04 bits per heavy atom. The Bertz CT molecular complexity index is 640. The second kappa shape index (κ2) is 8.22. The zero-order chi connectivity index (χ0) is 16.7. The highest BCUT2D eigenvalue weighted by Crippen LogP contribution is 2.27. The molecule has 0 aliphatic heterocycles. The fourth-order valence-electron chi connectivity index (χ4n) is 2.52. The summed E-state index contributed by atoms with van der Waals surface area (Å²) in [6.45, 7) is 2.73. The van der Waals surface area contributed by atoms with Gasteiger partial charge < -0.3 is 14.8 Å². The average Bonchev–Trinajstić information content (AvgIpc) is 2.62. The number of ether oxygens (including phenoxy) is 2. The molecule has 0 aliphatic rings. The summed E-state index contributed by atoms with van der Waals surface area (Å²) < 4.78 is 10.4. The molecule has 122 valence electrons. The van der Waals surface area contributed by atoms with E-state index in [-0.39, 0.29) is 5.91 Å². The topological polar surface area (TPSA) is 47.6 Å². The van der Waals surface area contributed by atoms with Gasteiger partial charge in [0, 0.05) is 18.0 Å². The standard InChI is InChI=1S/C19H23NO3/c1-4-14(15-8-6-5-7-9-15)13-20-19(21)16-10-11-17(22-2)18(12-16)23-3/h5-12,14H,4,13H2,1-3H3,(H,20,21). The Morgan fingerprint density at radius 2 is 1.74 bits per heavy atom. The van der Waals surface area contributed by atoms with E-state index in [4.69, 9.17) is 9.47 Å². The molecule has 2 aromatic carbocycles. The number of nitrogens with one attached hydrogen (secondary N) is 1. The van der Waals surface area contributed by atoms with Crippen molar-refractivity contribution in [2.24, 2.45) is 0 Å². The summed E-state index contributed by atoms with van der Waals surface area (Å²) in [6, 6.07) is 15.4. The van der Waals surface area contributed by atoms with Gasteiger partial charge in [-0.15, -0.1) is 0 Å². The number of rotatable bonds is 7. The molecule has 4 heteroatoms. The summed E-state index contributed by atoms with van der Waals surface area (Å²) >= 11 is 0. The van der Waals surface area contributed by atoms with Crippen molar-refractivity contribution in [3.05, 3.63) is 59.7 Å². The predicted molar refractivity (Wildman–Crippen MR) is 91.4 cm³/mol. The molecule has 0 fully saturated rings. The van der Waals surface area contributed by atoms with Gasteiger partial charge in [-0.25, -0.2) is 0 Å². The van der Waals surface area contributed by atoms with Crippen LogP contribution >= 0.6 is 0 Å². The van der Waals surface area contributed by atoms with Crippen LogP contribution < -0.4 is 14.8 Å². The quantitative estimate of drug-likeness (QED) is 0.849. The third-order valence-corrected chi connectivity index (χ3v) is 3.92. The molecule has 0 heterocycles. The SMILES string of the molecule is CCC(CNC(=O)c1ccc(OC)c(OC)c1)c1ccccc1. The Kier molecular flexibility index (Phi) is 6.03.